The van der Waals surface area contributed by atoms with E-state index >= 15 is 0 Å². The lowest BCUT2D eigenvalue weighted by Gasteiger charge is -2.17. The Hall–Kier alpha value is -3.20. The van der Waals surface area contributed by atoms with Crippen molar-refractivity contribution in [2.45, 2.75) is 32.1 Å². The molecule has 2 N–H and O–H groups in total. The number of rotatable bonds is 9. The Kier molecular flexibility index (Phi) is 8.75. The van der Waals surface area contributed by atoms with Crippen molar-refractivity contribution >= 4 is 46.7 Å². The molecule has 2 rings (SSSR count). The van der Waals surface area contributed by atoms with Gasteiger partial charge in [-0.1, -0.05) is 12.1 Å². The molecule has 0 fully saturated rings. The fourth-order valence-electron chi connectivity index (χ4n) is 2.46. The van der Waals surface area contributed by atoms with E-state index in [2.05, 4.69) is 10.6 Å². The van der Waals surface area contributed by atoms with Crippen LogP contribution in [0.1, 0.15) is 31.1 Å². The van der Waals surface area contributed by atoms with Crippen molar-refractivity contribution < 1.29 is 28.3 Å². The number of ether oxygens (including phenoxy) is 1. The molecule has 0 saturated carbocycles. The average molecular weight is 447 g/mol. The SMILES string of the molecule is CC(=O)c1ccccc1NC(=O)C(C)OC(=O)C(C)SCC(=O)Nc1ccc(F)cc1. The third-order valence-corrected chi connectivity index (χ3v) is 5.27. The molecular formula is C22H23FN2O5S. The summed E-state index contributed by atoms with van der Waals surface area (Å²) in [6.45, 7) is 4.37. The van der Waals surface area contributed by atoms with E-state index in [9.17, 15) is 23.6 Å². The van der Waals surface area contributed by atoms with E-state index < -0.39 is 29.0 Å². The largest absolute Gasteiger partial charge is 0.452 e. The normalized spacial score (nSPS) is 12.4. The van der Waals surface area contributed by atoms with Crippen molar-refractivity contribution in [3.8, 4) is 0 Å². The Bertz CT molecular complexity index is 965. The minimum atomic E-state index is -1.09. The smallest absolute Gasteiger partial charge is 0.319 e. The maximum atomic E-state index is 12.9. The summed E-state index contributed by atoms with van der Waals surface area (Å²) in [5, 5.41) is 4.48. The highest BCUT2D eigenvalue weighted by molar-refractivity contribution is 8.01. The first-order valence-electron chi connectivity index (χ1n) is 9.45. The minimum absolute atomic E-state index is 0.0276. The zero-order valence-corrected chi connectivity index (χ0v) is 18.1. The molecule has 0 heterocycles. The van der Waals surface area contributed by atoms with Crippen LogP contribution in [0.4, 0.5) is 15.8 Å². The molecule has 0 spiro atoms. The molecule has 9 heteroatoms. The summed E-state index contributed by atoms with van der Waals surface area (Å²) >= 11 is 1.04. The summed E-state index contributed by atoms with van der Waals surface area (Å²) in [7, 11) is 0. The van der Waals surface area contributed by atoms with Crippen molar-refractivity contribution in [3.05, 3.63) is 59.9 Å². The second-order valence-corrected chi connectivity index (χ2v) is 8.01. The van der Waals surface area contributed by atoms with Gasteiger partial charge in [-0.2, -0.15) is 0 Å². The zero-order valence-electron chi connectivity index (χ0n) is 17.3. The van der Waals surface area contributed by atoms with Crippen LogP contribution in [0.3, 0.4) is 0 Å². The first kappa shape index (κ1) is 24.1. The predicted octanol–water partition coefficient (Wildman–Crippen LogP) is 3.66. The van der Waals surface area contributed by atoms with Crippen molar-refractivity contribution in [1.29, 1.82) is 0 Å². The van der Waals surface area contributed by atoms with Crippen LogP contribution in [0, 0.1) is 5.82 Å². The number of halogens is 1. The number of hydrogen-bond donors (Lipinski definition) is 2. The number of thioether (sulfide) groups is 1. The molecule has 2 aromatic rings. The number of esters is 1. The number of Topliss-reactive ketones (excluding diaryl/α,β-unsaturated/α-hetero) is 1. The first-order valence-corrected chi connectivity index (χ1v) is 10.5. The van der Waals surface area contributed by atoms with Crippen LogP contribution in [0.2, 0.25) is 0 Å². The summed E-state index contributed by atoms with van der Waals surface area (Å²) in [5.74, 6) is -2.23. The molecule has 0 radical (unpaired) electrons. The van der Waals surface area contributed by atoms with Gasteiger partial charge in [0.25, 0.3) is 5.91 Å². The quantitative estimate of drug-likeness (QED) is 0.450. The molecule has 31 heavy (non-hydrogen) atoms. The summed E-state index contributed by atoms with van der Waals surface area (Å²) in [6, 6.07) is 11.8. The number of benzene rings is 2. The highest BCUT2D eigenvalue weighted by atomic mass is 32.2. The highest BCUT2D eigenvalue weighted by Crippen LogP contribution is 2.18. The fraction of sp³-hybridized carbons (Fsp3) is 0.273. The van der Waals surface area contributed by atoms with Gasteiger partial charge < -0.3 is 15.4 Å². The van der Waals surface area contributed by atoms with Gasteiger partial charge in [-0.3, -0.25) is 19.2 Å². The third-order valence-electron chi connectivity index (χ3n) is 4.15. The number of para-hydroxylation sites is 1. The van der Waals surface area contributed by atoms with Crippen molar-refractivity contribution in [3.63, 3.8) is 0 Å². The van der Waals surface area contributed by atoms with Gasteiger partial charge in [0, 0.05) is 11.3 Å². The number of nitrogens with one attached hydrogen (secondary N) is 2. The summed E-state index contributed by atoms with van der Waals surface area (Å²) in [4.78, 5) is 48.2. The Morgan fingerprint density at radius 2 is 1.65 bits per heavy atom. The lowest BCUT2D eigenvalue weighted by Crippen LogP contribution is -2.33. The van der Waals surface area contributed by atoms with E-state index in [-0.39, 0.29) is 17.4 Å². The van der Waals surface area contributed by atoms with Crippen molar-refractivity contribution in [1.82, 2.24) is 0 Å². The van der Waals surface area contributed by atoms with Gasteiger partial charge in [-0.15, -0.1) is 11.8 Å². The molecule has 0 aliphatic heterocycles. The van der Waals surface area contributed by atoms with E-state index in [0.717, 1.165) is 11.8 Å². The Morgan fingerprint density at radius 3 is 2.29 bits per heavy atom. The zero-order chi connectivity index (χ0) is 23.0. The molecular weight excluding hydrogens is 423 g/mol. The van der Waals surface area contributed by atoms with Crippen LogP contribution in [-0.2, 0) is 19.1 Å². The van der Waals surface area contributed by atoms with Crippen LogP contribution in [-0.4, -0.2) is 40.7 Å². The number of anilines is 2. The number of amides is 2. The molecule has 0 saturated heterocycles. The fourth-order valence-corrected chi connectivity index (χ4v) is 3.12. The Morgan fingerprint density at radius 1 is 1.00 bits per heavy atom. The summed E-state index contributed by atoms with van der Waals surface area (Å²) in [6.07, 6.45) is -1.09. The van der Waals surface area contributed by atoms with E-state index in [1.807, 2.05) is 0 Å². The number of carbonyl (C=O) groups is 4. The van der Waals surface area contributed by atoms with Crippen LogP contribution in [0.25, 0.3) is 0 Å². The van der Waals surface area contributed by atoms with Crippen LogP contribution in [0.5, 0.6) is 0 Å². The summed E-state index contributed by atoms with van der Waals surface area (Å²) in [5.41, 5.74) is 1.13. The topological polar surface area (TPSA) is 102 Å². The molecule has 0 aliphatic rings. The second kappa shape index (κ2) is 11.3. The van der Waals surface area contributed by atoms with Gasteiger partial charge >= 0.3 is 5.97 Å². The van der Waals surface area contributed by atoms with Gasteiger partial charge in [0.05, 0.1) is 11.4 Å². The lowest BCUT2D eigenvalue weighted by molar-refractivity contribution is -0.152. The molecule has 2 atom stereocenters. The van der Waals surface area contributed by atoms with Crippen LogP contribution < -0.4 is 10.6 Å². The van der Waals surface area contributed by atoms with Gasteiger partial charge in [0.1, 0.15) is 11.1 Å². The van der Waals surface area contributed by atoms with E-state index in [1.54, 1.807) is 31.2 Å². The minimum Gasteiger partial charge on any atom is -0.452 e. The molecule has 2 amide bonds. The Balaban J connectivity index is 1.82. The van der Waals surface area contributed by atoms with Gasteiger partial charge in [-0.25, -0.2) is 4.39 Å². The average Bonchev–Trinajstić information content (AvgIpc) is 2.73. The monoisotopic (exact) mass is 446 g/mol. The maximum absolute atomic E-state index is 12.9. The van der Waals surface area contributed by atoms with E-state index in [0.29, 0.717) is 16.9 Å². The van der Waals surface area contributed by atoms with E-state index in [4.69, 9.17) is 4.74 Å². The maximum Gasteiger partial charge on any atom is 0.319 e. The molecule has 2 aromatic carbocycles. The molecule has 7 nitrogen and oxygen atoms in total. The second-order valence-electron chi connectivity index (χ2n) is 6.68. The lowest BCUT2D eigenvalue weighted by atomic mass is 10.1. The standard InChI is InChI=1S/C22H23FN2O5S/c1-13(26)18-6-4-5-7-19(18)25-21(28)14(2)30-22(29)15(3)31-12-20(27)24-17-10-8-16(23)9-11-17/h4-11,14-15H,12H2,1-3H3,(H,24,27)(H,25,28). The van der Waals surface area contributed by atoms with Gasteiger partial charge in [0.2, 0.25) is 5.91 Å². The first-order chi connectivity index (χ1) is 14.7. The van der Waals surface area contributed by atoms with Crippen LogP contribution >= 0.6 is 11.8 Å². The van der Waals surface area contributed by atoms with E-state index in [1.165, 1.54) is 38.1 Å². The number of hydrogen-bond acceptors (Lipinski definition) is 6. The predicted molar refractivity (Wildman–Crippen MR) is 118 cm³/mol. The molecule has 0 aromatic heterocycles. The Labute approximate surface area is 183 Å². The molecule has 0 aliphatic carbocycles. The molecule has 164 valence electrons. The van der Waals surface area contributed by atoms with Crippen molar-refractivity contribution in [2.24, 2.45) is 0 Å². The highest BCUT2D eigenvalue weighted by Gasteiger charge is 2.23. The van der Waals surface area contributed by atoms with Crippen molar-refractivity contribution in [2.75, 3.05) is 16.4 Å². The van der Waals surface area contributed by atoms with Gasteiger partial charge in [0.15, 0.2) is 11.9 Å². The van der Waals surface area contributed by atoms with Gasteiger partial charge in [-0.05, 0) is 57.2 Å². The number of ketones is 1. The number of carbonyl (C=O) groups excluding carboxylic acids is 4. The van der Waals surface area contributed by atoms with Crippen LogP contribution in [0.15, 0.2) is 48.5 Å². The molecule has 2 unspecified atom stereocenters. The summed E-state index contributed by atoms with van der Waals surface area (Å²) < 4.78 is 18.1. The third kappa shape index (κ3) is 7.53. The molecule has 0 bridgehead atoms.